The number of benzene rings is 1. The lowest BCUT2D eigenvalue weighted by Crippen LogP contribution is -2.38. The SMILES string of the molecule is CCc1cnc(CCNC(=NC)NCc2cccc(OC)c2OC2CCCC2)s1.I. The molecule has 1 saturated carbocycles. The van der Waals surface area contributed by atoms with Crippen LogP contribution in [0.5, 0.6) is 11.5 Å². The molecular weight excluding hydrogens is 511 g/mol. The van der Waals surface area contributed by atoms with Crippen molar-refractivity contribution in [3.8, 4) is 11.5 Å². The summed E-state index contributed by atoms with van der Waals surface area (Å²) in [5, 5.41) is 7.92. The van der Waals surface area contributed by atoms with Crippen molar-refractivity contribution in [1.29, 1.82) is 0 Å². The van der Waals surface area contributed by atoms with E-state index in [1.165, 1.54) is 17.7 Å². The number of halogens is 1. The highest BCUT2D eigenvalue weighted by atomic mass is 127. The van der Waals surface area contributed by atoms with Crippen molar-refractivity contribution in [3.63, 3.8) is 0 Å². The molecule has 0 saturated heterocycles. The van der Waals surface area contributed by atoms with Crippen molar-refractivity contribution in [3.05, 3.63) is 39.8 Å². The zero-order chi connectivity index (χ0) is 20.5. The Balaban J connectivity index is 0.00000320. The number of nitrogens with zero attached hydrogens (tertiary/aromatic N) is 2. The van der Waals surface area contributed by atoms with E-state index in [9.17, 15) is 0 Å². The average molecular weight is 545 g/mol. The number of thiazole rings is 1. The van der Waals surface area contributed by atoms with E-state index in [4.69, 9.17) is 9.47 Å². The van der Waals surface area contributed by atoms with Gasteiger partial charge >= 0.3 is 0 Å². The smallest absolute Gasteiger partial charge is 0.191 e. The molecule has 2 N–H and O–H groups in total. The number of hydrogen-bond acceptors (Lipinski definition) is 5. The first-order valence-corrected chi connectivity index (χ1v) is 11.3. The summed E-state index contributed by atoms with van der Waals surface area (Å²) in [6, 6.07) is 6.04. The number of guanidine groups is 1. The standard InChI is InChI=1S/C22H32N4O2S.HI/c1-4-18-15-25-20(29-18)12-13-24-22(23-2)26-14-16-8-7-11-19(27-3)21(16)28-17-9-5-6-10-17;/h7-8,11,15,17H,4-6,9-10,12-14H2,1-3H3,(H2,23,24,26);1H. The van der Waals surface area contributed by atoms with Gasteiger partial charge in [0.15, 0.2) is 17.5 Å². The van der Waals surface area contributed by atoms with Gasteiger partial charge < -0.3 is 20.1 Å². The number of hydrogen-bond donors (Lipinski definition) is 2. The van der Waals surface area contributed by atoms with Gasteiger partial charge in [0.2, 0.25) is 0 Å². The van der Waals surface area contributed by atoms with Crippen LogP contribution in [0.15, 0.2) is 29.4 Å². The van der Waals surface area contributed by atoms with Crippen LogP contribution >= 0.6 is 35.3 Å². The highest BCUT2D eigenvalue weighted by molar-refractivity contribution is 14.0. The molecular formula is C22H33IN4O2S. The maximum atomic E-state index is 6.31. The predicted molar refractivity (Wildman–Crippen MR) is 135 cm³/mol. The Morgan fingerprint density at radius 3 is 2.73 bits per heavy atom. The maximum absolute atomic E-state index is 6.31. The number of aromatic nitrogens is 1. The molecule has 2 aromatic rings. The zero-order valence-corrected chi connectivity index (χ0v) is 21.2. The highest BCUT2D eigenvalue weighted by Crippen LogP contribution is 2.34. The predicted octanol–water partition coefficient (Wildman–Crippen LogP) is 4.56. The second-order valence-electron chi connectivity index (χ2n) is 7.15. The first kappa shape index (κ1) is 24.7. The molecule has 1 aromatic heterocycles. The Labute approximate surface area is 200 Å². The molecule has 3 rings (SSSR count). The molecule has 166 valence electrons. The van der Waals surface area contributed by atoms with Gasteiger partial charge in [0.1, 0.15) is 0 Å². The van der Waals surface area contributed by atoms with Crippen LogP contribution in [0.3, 0.4) is 0 Å². The van der Waals surface area contributed by atoms with Gasteiger partial charge in [-0.25, -0.2) is 4.98 Å². The molecule has 30 heavy (non-hydrogen) atoms. The fourth-order valence-electron chi connectivity index (χ4n) is 3.48. The fraction of sp³-hybridized carbons (Fsp3) is 0.545. The highest BCUT2D eigenvalue weighted by Gasteiger charge is 2.20. The second kappa shape index (κ2) is 13.0. The molecule has 1 aromatic carbocycles. The van der Waals surface area contributed by atoms with Crippen LogP contribution in [0.25, 0.3) is 0 Å². The minimum atomic E-state index is 0. The van der Waals surface area contributed by atoms with Crippen LogP contribution in [0.2, 0.25) is 0 Å². The minimum absolute atomic E-state index is 0. The van der Waals surface area contributed by atoms with Crippen LogP contribution in [-0.2, 0) is 19.4 Å². The van der Waals surface area contributed by atoms with Gasteiger partial charge in [-0.05, 0) is 38.2 Å². The Bertz CT molecular complexity index is 806. The lowest BCUT2D eigenvalue weighted by atomic mass is 10.1. The van der Waals surface area contributed by atoms with E-state index in [-0.39, 0.29) is 30.1 Å². The summed E-state index contributed by atoms with van der Waals surface area (Å²) in [5.41, 5.74) is 1.08. The van der Waals surface area contributed by atoms with Gasteiger partial charge in [0.05, 0.1) is 18.2 Å². The Hall–Kier alpha value is -1.55. The Kier molecular flexibility index (Phi) is 10.7. The fourth-order valence-corrected chi connectivity index (χ4v) is 4.34. The van der Waals surface area contributed by atoms with Gasteiger partial charge in [0.25, 0.3) is 0 Å². The normalized spacial score (nSPS) is 14.3. The molecule has 1 fully saturated rings. The lowest BCUT2D eigenvalue weighted by Gasteiger charge is -2.20. The van der Waals surface area contributed by atoms with Crippen molar-refractivity contribution in [2.45, 2.75) is 58.1 Å². The molecule has 0 unspecified atom stereocenters. The first-order valence-electron chi connectivity index (χ1n) is 10.4. The molecule has 6 nitrogen and oxygen atoms in total. The van der Waals surface area contributed by atoms with Gasteiger partial charge in [-0.3, -0.25) is 4.99 Å². The third-order valence-corrected chi connectivity index (χ3v) is 6.32. The zero-order valence-electron chi connectivity index (χ0n) is 18.1. The molecule has 8 heteroatoms. The summed E-state index contributed by atoms with van der Waals surface area (Å²) in [5.74, 6) is 2.40. The molecule has 1 aliphatic carbocycles. The van der Waals surface area contributed by atoms with E-state index in [0.29, 0.717) is 6.54 Å². The summed E-state index contributed by atoms with van der Waals surface area (Å²) in [6.07, 6.45) is 8.90. The van der Waals surface area contributed by atoms with Crippen LogP contribution in [0.4, 0.5) is 0 Å². The second-order valence-corrected chi connectivity index (χ2v) is 8.35. The molecule has 0 amide bonds. The summed E-state index contributed by atoms with van der Waals surface area (Å²) in [6.45, 7) is 3.57. The van der Waals surface area contributed by atoms with Gasteiger partial charge in [0, 0.05) is 43.2 Å². The van der Waals surface area contributed by atoms with E-state index >= 15 is 0 Å². The number of nitrogens with one attached hydrogen (secondary N) is 2. The molecule has 0 bridgehead atoms. The number of aliphatic imine (C=N–C) groups is 1. The third-order valence-electron chi connectivity index (χ3n) is 5.12. The Morgan fingerprint density at radius 1 is 1.27 bits per heavy atom. The topological polar surface area (TPSA) is 67.8 Å². The van der Waals surface area contributed by atoms with Gasteiger partial charge in [-0.1, -0.05) is 19.1 Å². The number of para-hydroxylation sites is 1. The van der Waals surface area contributed by atoms with E-state index in [1.54, 1.807) is 25.5 Å². The molecule has 1 heterocycles. The molecule has 0 aliphatic heterocycles. The summed E-state index contributed by atoms with van der Waals surface area (Å²) in [4.78, 5) is 10.1. The molecule has 0 atom stereocenters. The van der Waals surface area contributed by atoms with E-state index < -0.39 is 0 Å². The summed E-state index contributed by atoms with van der Waals surface area (Å²) < 4.78 is 11.9. The summed E-state index contributed by atoms with van der Waals surface area (Å²) >= 11 is 1.78. The van der Waals surface area contributed by atoms with Crippen LogP contribution in [0, 0.1) is 0 Å². The van der Waals surface area contributed by atoms with Gasteiger partial charge in [-0.2, -0.15) is 0 Å². The van der Waals surface area contributed by atoms with Crippen molar-refractivity contribution < 1.29 is 9.47 Å². The van der Waals surface area contributed by atoms with Crippen molar-refractivity contribution in [2.24, 2.45) is 4.99 Å². The maximum Gasteiger partial charge on any atom is 0.191 e. The Morgan fingerprint density at radius 2 is 2.07 bits per heavy atom. The first-order chi connectivity index (χ1) is 14.2. The average Bonchev–Trinajstić information content (AvgIpc) is 3.43. The lowest BCUT2D eigenvalue weighted by molar-refractivity contribution is 0.198. The van der Waals surface area contributed by atoms with E-state index in [2.05, 4.69) is 33.6 Å². The molecule has 0 radical (unpaired) electrons. The monoisotopic (exact) mass is 544 g/mol. The number of rotatable bonds is 9. The largest absolute Gasteiger partial charge is 0.493 e. The van der Waals surface area contributed by atoms with Crippen LogP contribution < -0.4 is 20.1 Å². The van der Waals surface area contributed by atoms with E-state index in [1.807, 2.05) is 18.3 Å². The van der Waals surface area contributed by atoms with Crippen molar-refractivity contribution >= 4 is 41.3 Å². The van der Waals surface area contributed by atoms with Crippen LogP contribution in [-0.4, -0.2) is 37.7 Å². The molecule has 0 spiro atoms. The quantitative estimate of drug-likeness (QED) is 0.275. The third kappa shape index (κ3) is 7.01. The minimum Gasteiger partial charge on any atom is -0.493 e. The number of aryl methyl sites for hydroxylation is 1. The van der Waals surface area contributed by atoms with Crippen LogP contribution in [0.1, 0.15) is 48.1 Å². The van der Waals surface area contributed by atoms with Crippen molar-refractivity contribution in [1.82, 2.24) is 15.6 Å². The number of ether oxygens (including phenoxy) is 2. The van der Waals surface area contributed by atoms with E-state index in [0.717, 1.165) is 60.3 Å². The summed E-state index contributed by atoms with van der Waals surface area (Å²) in [7, 11) is 3.48. The van der Waals surface area contributed by atoms with Gasteiger partial charge in [-0.15, -0.1) is 35.3 Å². The molecule has 1 aliphatic rings. The number of methoxy groups -OCH3 is 1. The van der Waals surface area contributed by atoms with Crippen molar-refractivity contribution in [2.75, 3.05) is 20.7 Å².